The van der Waals surface area contributed by atoms with Crippen LogP contribution in [0.25, 0.3) is 11.0 Å². The molecule has 0 saturated heterocycles. The van der Waals surface area contributed by atoms with E-state index in [9.17, 15) is 31.2 Å². The first-order valence-corrected chi connectivity index (χ1v) is 16.8. The van der Waals surface area contributed by atoms with Crippen LogP contribution in [0, 0.1) is 6.92 Å². The van der Waals surface area contributed by atoms with Gasteiger partial charge in [0.05, 0.1) is 22.0 Å². The SMILES string of the molecule is Cc1cc(C(C)Nc2ccccc2S(=O)(=O)C(C(N)=O)c2ccccc2)c2oc(N3Cc4ccccc4C3)cc(=O)c2c1.O=C(O)C(F)(F)F. The van der Waals surface area contributed by atoms with Crippen LogP contribution in [0.3, 0.4) is 0 Å². The van der Waals surface area contributed by atoms with Crippen molar-refractivity contribution in [3.05, 3.63) is 135 Å². The topological polar surface area (TPSA) is 160 Å². The minimum absolute atomic E-state index is 0.0524. The van der Waals surface area contributed by atoms with Crippen LogP contribution in [-0.4, -0.2) is 31.6 Å². The van der Waals surface area contributed by atoms with E-state index in [0.717, 1.165) is 5.56 Å². The van der Waals surface area contributed by atoms with E-state index in [1.807, 2.05) is 36.9 Å². The molecule has 4 aromatic carbocycles. The van der Waals surface area contributed by atoms with Gasteiger partial charge in [0.15, 0.2) is 20.5 Å². The molecule has 0 bridgehead atoms. The lowest BCUT2D eigenvalue weighted by Gasteiger charge is -2.23. The third kappa shape index (κ3) is 7.49. The Balaban J connectivity index is 0.000000630. The molecule has 50 heavy (non-hydrogen) atoms. The van der Waals surface area contributed by atoms with Gasteiger partial charge in [0.1, 0.15) is 5.58 Å². The first kappa shape index (κ1) is 35.7. The molecule has 2 unspecified atom stereocenters. The number of aliphatic carboxylic acids is 1. The Morgan fingerprint density at radius 3 is 2.06 bits per heavy atom. The number of carbonyl (C=O) groups excluding carboxylic acids is 1. The van der Waals surface area contributed by atoms with Crippen molar-refractivity contribution in [3.63, 3.8) is 0 Å². The van der Waals surface area contributed by atoms with Gasteiger partial charge in [0.25, 0.3) is 0 Å². The minimum atomic E-state index is -5.08. The van der Waals surface area contributed by atoms with Crippen molar-refractivity contribution in [1.82, 2.24) is 0 Å². The Hall–Kier alpha value is -5.63. The van der Waals surface area contributed by atoms with Crippen molar-refractivity contribution in [2.75, 3.05) is 10.2 Å². The molecular weight excluding hydrogens is 675 g/mol. The van der Waals surface area contributed by atoms with Crippen molar-refractivity contribution < 1.29 is 40.7 Å². The monoisotopic (exact) mass is 707 g/mol. The maximum Gasteiger partial charge on any atom is 0.490 e. The number of halogens is 3. The van der Waals surface area contributed by atoms with Crippen molar-refractivity contribution in [2.24, 2.45) is 5.73 Å². The maximum atomic E-state index is 13.9. The van der Waals surface area contributed by atoms with Gasteiger partial charge >= 0.3 is 12.1 Å². The fraction of sp³-hybridized carbons (Fsp3) is 0.194. The van der Waals surface area contributed by atoms with E-state index >= 15 is 0 Å². The van der Waals surface area contributed by atoms with Crippen LogP contribution in [0.15, 0.2) is 111 Å². The Morgan fingerprint density at radius 2 is 1.48 bits per heavy atom. The second kappa shape index (κ2) is 14.1. The van der Waals surface area contributed by atoms with Crippen LogP contribution in [-0.2, 0) is 32.5 Å². The average molecular weight is 708 g/mol. The number of anilines is 2. The molecule has 6 rings (SSSR count). The number of nitrogens with one attached hydrogen (secondary N) is 1. The number of carboxylic acids is 1. The van der Waals surface area contributed by atoms with Crippen molar-refractivity contribution in [1.29, 1.82) is 0 Å². The van der Waals surface area contributed by atoms with Crippen molar-refractivity contribution in [3.8, 4) is 0 Å². The molecule has 260 valence electrons. The van der Waals surface area contributed by atoms with Gasteiger partial charge in [-0.3, -0.25) is 9.59 Å². The molecule has 10 nitrogen and oxygen atoms in total. The maximum absolute atomic E-state index is 13.9. The number of benzene rings is 4. The van der Waals surface area contributed by atoms with E-state index < -0.39 is 39.2 Å². The van der Waals surface area contributed by atoms with Gasteiger partial charge in [-0.1, -0.05) is 72.8 Å². The first-order valence-electron chi connectivity index (χ1n) is 15.2. The molecule has 1 aliphatic rings. The summed E-state index contributed by atoms with van der Waals surface area (Å²) in [6, 6.07) is 27.6. The van der Waals surface area contributed by atoms with Gasteiger partial charge < -0.3 is 25.5 Å². The number of carbonyl (C=O) groups is 2. The Labute approximate surface area is 284 Å². The molecule has 1 amide bonds. The highest BCUT2D eigenvalue weighted by atomic mass is 32.2. The lowest BCUT2D eigenvalue weighted by Crippen LogP contribution is -2.29. The lowest BCUT2D eigenvalue weighted by molar-refractivity contribution is -0.192. The van der Waals surface area contributed by atoms with Gasteiger partial charge in [0.2, 0.25) is 11.8 Å². The predicted octanol–water partition coefficient (Wildman–Crippen LogP) is 6.43. The summed E-state index contributed by atoms with van der Waals surface area (Å²) >= 11 is 0. The number of rotatable bonds is 8. The largest absolute Gasteiger partial charge is 0.490 e. The third-order valence-corrected chi connectivity index (χ3v) is 10.2. The minimum Gasteiger partial charge on any atom is -0.475 e. The zero-order valence-corrected chi connectivity index (χ0v) is 27.6. The number of alkyl halides is 3. The first-order chi connectivity index (χ1) is 23.6. The smallest absolute Gasteiger partial charge is 0.475 e. The number of nitrogens with two attached hydrogens (primary N) is 1. The van der Waals surface area contributed by atoms with E-state index in [0.29, 0.717) is 46.8 Å². The summed E-state index contributed by atoms with van der Waals surface area (Å²) in [5, 5.41) is 9.33. The van der Waals surface area contributed by atoms with Crippen LogP contribution in [0.2, 0.25) is 0 Å². The molecule has 14 heteroatoms. The summed E-state index contributed by atoms with van der Waals surface area (Å²) in [6.07, 6.45) is -5.08. The fourth-order valence-corrected chi connectivity index (χ4v) is 7.56. The van der Waals surface area contributed by atoms with Crippen LogP contribution in [0.4, 0.5) is 24.7 Å². The van der Waals surface area contributed by atoms with Gasteiger partial charge in [-0.25, -0.2) is 13.2 Å². The van der Waals surface area contributed by atoms with Crippen LogP contribution in [0.5, 0.6) is 0 Å². The summed E-state index contributed by atoms with van der Waals surface area (Å²) in [6.45, 7) is 5.04. The number of amides is 1. The standard InChI is InChI=1S/C34H31N3O5S.C2HF3O2/c1-21-16-26(32-27(17-21)29(38)18-31(42-32)37-19-24-12-6-7-13-25(24)20-37)22(2)36-28-14-8-9-15-30(28)43(40,41)33(34(35)39)23-10-4-3-5-11-23;3-2(4,5)1(6)7/h3-18,22,33,36H,19-20H2,1-2H3,(H2,35,39);(H,6,7). The second-order valence-electron chi connectivity index (χ2n) is 11.7. The van der Waals surface area contributed by atoms with E-state index in [4.69, 9.17) is 20.1 Å². The summed E-state index contributed by atoms with van der Waals surface area (Å²) in [4.78, 5) is 36.7. The average Bonchev–Trinajstić information content (AvgIpc) is 3.50. The molecule has 0 radical (unpaired) electrons. The number of fused-ring (bicyclic) bond motifs is 2. The summed E-state index contributed by atoms with van der Waals surface area (Å²) in [5.41, 5.74) is 10.5. The highest BCUT2D eigenvalue weighted by Crippen LogP contribution is 2.37. The molecule has 4 N–H and O–H groups in total. The number of para-hydroxylation sites is 1. The molecule has 0 spiro atoms. The Morgan fingerprint density at radius 1 is 0.920 bits per heavy atom. The number of sulfone groups is 1. The van der Waals surface area contributed by atoms with E-state index in [2.05, 4.69) is 17.4 Å². The normalized spacial score (nSPS) is 13.9. The van der Waals surface area contributed by atoms with Crippen LogP contribution < -0.4 is 21.4 Å². The number of aryl methyl sites for hydroxylation is 1. The predicted molar refractivity (Wildman–Crippen MR) is 181 cm³/mol. The number of primary amides is 1. The molecule has 2 heterocycles. The number of hydrogen-bond acceptors (Lipinski definition) is 8. The van der Waals surface area contributed by atoms with Crippen molar-refractivity contribution >= 4 is 44.3 Å². The lowest BCUT2D eigenvalue weighted by atomic mass is 10.0. The number of carboxylic acid groups (broad SMARTS) is 1. The van der Waals surface area contributed by atoms with E-state index in [-0.39, 0.29) is 10.3 Å². The molecule has 1 aliphatic heterocycles. The molecular formula is C36H32F3N3O7S. The third-order valence-electron chi connectivity index (χ3n) is 8.09. The van der Waals surface area contributed by atoms with E-state index in [1.54, 1.807) is 54.6 Å². The Kier molecular flexibility index (Phi) is 10.0. The number of hydrogen-bond donors (Lipinski definition) is 3. The molecule has 1 aromatic heterocycles. The van der Waals surface area contributed by atoms with Gasteiger partial charge in [-0.05, 0) is 54.3 Å². The molecule has 2 atom stereocenters. The molecule has 0 fully saturated rings. The van der Waals surface area contributed by atoms with Crippen molar-refractivity contribution in [2.45, 2.75) is 49.3 Å². The summed E-state index contributed by atoms with van der Waals surface area (Å²) in [7, 11) is -4.23. The van der Waals surface area contributed by atoms with Crippen LogP contribution in [0.1, 0.15) is 46.0 Å². The number of nitrogens with zero attached hydrogens (tertiary/aromatic N) is 1. The summed E-state index contributed by atoms with van der Waals surface area (Å²) < 4.78 is 66.0. The second-order valence-corrected chi connectivity index (χ2v) is 13.7. The van der Waals surface area contributed by atoms with Crippen LogP contribution >= 0.6 is 0 Å². The van der Waals surface area contributed by atoms with Gasteiger partial charge in [0, 0.05) is 24.7 Å². The molecule has 0 aliphatic carbocycles. The van der Waals surface area contributed by atoms with Gasteiger partial charge in [-0.15, -0.1) is 0 Å². The zero-order valence-electron chi connectivity index (χ0n) is 26.8. The van der Waals surface area contributed by atoms with E-state index in [1.165, 1.54) is 23.3 Å². The quantitative estimate of drug-likeness (QED) is 0.165. The van der Waals surface area contributed by atoms with Gasteiger partial charge in [-0.2, -0.15) is 13.2 Å². The fourth-order valence-electron chi connectivity index (χ4n) is 5.78. The Bertz CT molecular complexity index is 2220. The highest BCUT2D eigenvalue weighted by Gasteiger charge is 2.38. The summed E-state index contributed by atoms with van der Waals surface area (Å²) in [5.74, 6) is -3.24. The molecule has 5 aromatic rings. The zero-order chi connectivity index (χ0) is 36.4. The molecule has 0 saturated carbocycles. The highest BCUT2D eigenvalue weighted by molar-refractivity contribution is 7.92.